The third kappa shape index (κ3) is 5.41. The quantitative estimate of drug-likeness (QED) is 0.463. The van der Waals surface area contributed by atoms with Crippen molar-refractivity contribution in [3.05, 3.63) is 90.5 Å². The van der Waals surface area contributed by atoms with E-state index in [0.29, 0.717) is 38.2 Å². The first-order valence-electron chi connectivity index (χ1n) is 9.93. The number of aryl methyl sites for hydroxylation is 1. The van der Waals surface area contributed by atoms with Gasteiger partial charge in [0.05, 0.1) is 12.7 Å². The van der Waals surface area contributed by atoms with Gasteiger partial charge in [-0.3, -0.25) is 4.79 Å². The molecule has 0 saturated heterocycles. The van der Waals surface area contributed by atoms with Crippen LogP contribution < -0.4 is 5.32 Å². The van der Waals surface area contributed by atoms with Gasteiger partial charge in [0.1, 0.15) is 12.7 Å². The summed E-state index contributed by atoms with van der Waals surface area (Å²) < 4.78 is 7.55. The molecule has 1 N–H and O–H groups in total. The predicted molar refractivity (Wildman–Crippen MR) is 112 cm³/mol. The van der Waals surface area contributed by atoms with Crippen LogP contribution in [0.25, 0.3) is 11.3 Å². The molecule has 0 fully saturated rings. The number of oxazole rings is 1. The third-order valence-electron chi connectivity index (χ3n) is 4.73. The molecule has 7 heteroatoms. The van der Waals surface area contributed by atoms with Gasteiger partial charge >= 0.3 is 0 Å². The number of amides is 1. The Morgan fingerprint density at radius 3 is 2.60 bits per heavy atom. The fourth-order valence-corrected chi connectivity index (χ4v) is 3.11. The van der Waals surface area contributed by atoms with Gasteiger partial charge in [-0.2, -0.15) is 5.10 Å². The second kappa shape index (κ2) is 9.65. The molecule has 0 atom stereocenters. The Kier molecular flexibility index (Phi) is 6.29. The van der Waals surface area contributed by atoms with Gasteiger partial charge in [-0.05, 0) is 17.5 Å². The van der Waals surface area contributed by atoms with Crippen molar-refractivity contribution in [2.24, 2.45) is 0 Å². The topological polar surface area (TPSA) is 85.8 Å². The Balaban J connectivity index is 1.18. The van der Waals surface area contributed by atoms with Gasteiger partial charge in [0, 0.05) is 24.9 Å². The lowest BCUT2D eigenvalue weighted by Gasteiger charge is -2.06. The lowest BCUT2D eigenvalue weighted by Crippen LogP contribution is -2.22. The molecule has 2 heterocycles. The molecular formula is C23H23N5O2. The first-order chi connectivity index (χ1) is 14.8. The van der Waals surface area contributed by atoms with Gasteiger partial charge < -0.3 is 9.73 Å². The van der Waals surface area contributed by atoms with Crippen LogP contribution in [0, 0.1) is 0 Å². The molecule has 152 valence electrons. The van der Waals surface area contributed by atoms with E-state index < -0.39 is 0 Å². The number of carbonyl (C=O) groups excluding carboxylic acids is 1. The van der Waals surface area contributed by atoms with Gasteiger partial charge in [-0.15, -0.1) is 0 Å². The second-order valence-electron chi connectivity index (χ2n) is 7.02. The van der Waals surface area contributed by atoms with Crippen LogP contribution in [0.15, 0.2) is 77.9 Å². The van der Waals surface area contributed by atoms with E-state index in [1.165, 1.54) is 6.33 Å². The molecule has 7 nitrogen and oxygen atoms in total. The monoisotopic (exact) mass is 401 g/mol. The Bertz CT molecular complexity index is 1060. The van der Waals surface area contributed by atoms with Crippen LogP contribution >= 0.6 is 0 Å². The standard InChI is InChI=1S/C23H23N5O2/c29-22(7-4-8-23-26-14-21(30-23)20-5-2-1-3-6-20)25-13-18-9-11-19(12-10-18)15-28-17-24-16-27-28/h1-3,5-6,9-12,14,16-17H,4,7-8,13,15H2,(H,25,29). The number of aromatic nitrogens is 4. The summed E-state index contributed by atoms with van der Waals surface area (Å²) >= 11 is 0. The van der Waals surface area contributed by atoms with Crippen LogP contribution in [-0.4, -0.2) is 25.7 Å². The molecule has 1 amide bonds. The molecule has 0 unspecified atom stereocenters. The van der Waals surface area contributed by atoms with E-state index in [-0.39, 0.29) is 5.91 Å². The fourth-order valence-electron chi connectivity index (χ4n) is 3.11. The SMILES string of the molecule is O=C(CCCc1ncc(-c2ccccc2)o1)NCc1ccc(Cn2cncn2)cc1. The first-order valence-corrected chi connectivity index (χ1v) is 9.93. The molecule has 0 aliphatic heterocycles. The molecule has 4 aromatic rings. The highest BCUT2D eigenvalue weighted by Crippen LogP contribution is 2.20. The highest BCUT2D eigenvalue weighted by Gasteiger charge is 2.08. The average Bonchev–Trinajstić information content (AvgIpc) is 3.46. The summed E-state index contributed by atoms with van der Waals surface area (Å²) in [5, 5.41) is 7.06. The van der Waals surface area contributed by atoms with Crippen molar-refractivity contribution in [2.75, 3.05) is 0 Å². The van der Waals surface area contributed by atoms with Crippen LogP contribution in [0.4, 0.5) is 0 Å². The number of rotatable bonds is 9. The van der Waals surface area contributed by atoms with Crippen LogP contribution in [0.5, 0.6) is 0 Å². The van der Waals surface area contributed by atoms with E-state index in [0.717, 1.165) is 22.5 Å². The number of hydrogen-bond donors (Lipinski definition) is 1. The molecule has 2 aromatic heterocycles. The maximum absolute atomic E-state index is 12.1. The fraction of sp³-hybridized carbons (Fsp3) is 0.217. The third-order valence-corrected chi connectivity index (χ3v) is 4.73. The van der Waals surface area contributed by atoms with Crippen LogP contribution in [0.2, 0.25) is 0 Å². The van der Waals surface area contributed by atoms with Crippen molar-refractivity contribution in [1.29, 1.82) is 0 Å². The van der Waals surface area contributed by atoms with E-state index in [2.05, 4.69) is 20.4 Å². The van der Waals surface area contributed by atoms with Gasteiger partial charge in [-0.1, -0.05) is 54.6 Å². The number of nitrogens with zero attached hydrogens (tertiary/aromatic N) is 4. The first kappa shape index (κ1) is 19.6. The summed E-state index contributed by atoms with van der Waals surface area (Å²) in [6, 6.07) is 18.0. The van der Waals surface area contributed by atoms with Crippen molar-refractivity contribution in [3.8, 4) is 11.3 Å². The highest BCUT2D eigenvalue weighted by atomic mass is 16.4. The zero-order valence-corrected chi connectivity index (χ0v) is 16.6. The van der Waals surface area contributed by atoms with Gasteiger partial charge in [0.2, 0.25) is 5.91 Å². The van der Waals surface area contributed by atoms with Crippen LogP contribution in [-0.2, 0) is 24.3 Å². The summed E-state index contributed by atoms with van der Waals surface area (Å²) in [5.41, 5.74) is 3.20. The number of hydrogen-bond acceptors (Lipinski definition) is 5. The Labute approximate surface area is 174 Å². The van der Waals surface area contributed by atoms with E-state index in [1.54, 1.807) is 17.2 Å². The van der Waals surface area contributed by atoms with Crippen molar-refractivity contribution >= 4 is 5.91 Å². The van der Waals surface area contributed by atoms with E-state index >= 15 is 0 Å². The number of benzene rings is 2. The second-order valence-corrected chi connectivity index (χ2v) is 7.02. The highest BCUT2D eigenvalue weighted by molar-refractivity contribution is 5.75. The van der Waals surface area contributed by atoms with Crippen LogP contribution in [0.1, 0.15) is 29.9 Å². The Morgan fingerprint density at radius 2 is 1.83 bits per heavy atom. The molecule has 30 heavy (non-hydrogen) atoms. The number of carbonyl (C=O) groups is 1. The predicted octanol–water partition coefficient (Wildman–Crippen LogP) is 3.62. The smallest absolute Gasteiger partial charge is 0.220 e. The zero-order chi connectivity index (χ0) is 20.6. The maximum Gasteiger partial charge on any atom is 0.220 e. The summed E-state index contributed by atoms with van der Waals surface area (Å²) in [6.07, 6.45) is 6.71. The van der Waals surface area contributed by atoms with Crippen molar-refractivity contribution in [2.45, 2.75) is 32.4 Å². The normalized spacial score (nSPS) is 10.8. The van der Waals surface area contributed by atoms with Crippen LogP contribution in [0.3, 0.4) is 0 Å². The minimum atomic E-state index is 0.0246. The van der Waals surface area contributed by atoms with Crippen molar-refractivity contribution in [1.82, 2.24) is 25.1 Å². The molecule has 4 rings (SSSR count). The Hall–Kier alpha value is -3.74. The lowest BCUT2D eigenvalue weighted by molar-refractivity contribution is -0.121. The Morgan fingerprint density at radius 1 is 1.03 bits per heavy atom. The van der Waals surface area contributed by atoms with Gasteiger partial charge in [0.15, 0.2) is 11.7 Å². The molecule has 0 radical (unpaired) electrons. The van der Waals surface area contributed by atoms with Crippen molar-refractivity contribution in [3.63, 3.8) is 0 Å². The summed E-state index contributed by atoms with van der Waals surface area (Å²) in [6.45, 7) is 1.19. The van der Waals surface area contributed by atoms with Gasteiger partial charge in [-0.25, -0.2) is 14.6 Å². The molecular weight excluding hydrogens is 378 g/mol. The van der Waals surface area contributed by atoms with Gasteiger partial charge in [0.25, 0.3) is 0 Å². The van der Waals surface area contributed by atoms with E-state index in [9.17, 15) is 4.79 Å². The van der Waals surface area contributed by atoms with Crippen molar-refractivity contribution < 1.29 is 9.21 Å². The zero-order valence-electron chi connectivity index (χ0n) is 16.6. The minimum Gasteiger partial charge on any atom is -0.441 e. The lowest BCUT2D eigenvalue weighted by atomic mass is 10.1. The summed E-state index contributed by atoms with van der Waals surface area (Å²) in [5.74, 6) is 1.43. The molecule has 2 aromatic carbocycles. The largest absolute Gasteiger partial charge is 0.441 e. The van der Waals surface area contributed by atoms with E-state index in [1.807, 2.05) is 54.6 Å². The molecule has 0 saturated carbocycles. The van der Waals surface area contributed by atoms with E-state index in [4.69, 9.17) is 4.42 Å². The molecule has 0 aliphatic rings. The minimum absolute atomic E-state index is 0.0246. The maximum atomic E-state index is 12.1. The molecule has 0 bridgehead atoms. The molecule has 0 spiro atoms. The summed E-state index contributed by atoms with van der Waals surface area (Å²) in [4.78, 5) is 20.4. The molecule has 0 aliphatic carbocycles. The average molecular weight is 401 g/mol. The summed E-state index contributed by atoms with van der Waals surface area (Å²) in [7, 11) is 0. The number of nitrogens with one attached hydrogen (secondary N) is 1.